The van der Waals surface area contributed by atoms with E-state index in [2.05, 4.69) is 15.3 Å². The molecule has 94 valence electrons. The Morgan fingerprint density at radius 2 is 2.24 bits per heavy atom. The lowest BCUT2D eigenvalue weighted by atomic mass is 9.86. The van der Waals surface area contributed by atoms with Gasteiger partial charge in [0, 0.05) is 18.7 Å². The van der Waals surface area contributed by atoms with E-state index in [1.54, 1.807) is 0 Å². The maximum absolute atomic E-state index is 11.6. The van der Waals surface area contributed by atoms with E-state index in [9.17, 15) is 14.7 Å². The summed E-state index contributed by atoms with van der Waals surface area (Å²) in [5, 5.41) is 12.5. The van der Waals surface area contributed by atoms with Gasteiger partial charge in [0.05, 0.1) is 6.10 Å². The molecule has 1 aliphatic carbocycles. The smallest absolute Gasteiger partial charge is 0.323 e. The molecule has 2 unspecified atom stereocenters. The number of imidazole rings is 1. The van der Waals surface area contributed by atoms with Crippen LogP contribution < -0.4 is 11.0 Å². The highest BCUT2D eigenvalue weighted by Crippen LogP contribution is 2.23. The zero-order valence-electron chi connectivity index (χ0n) is 9.53. The Morgan fingerprint density at radius 1 is 1.47 bits per heavy atom. The summed E-state index contributed by atoms with van der Waals surface area (Å²) in [6.07, 6.45) is 4.91. The molecule has 4 N–H and O–H groups in total. The van der Waals surface area contributed by atoms with E-state index < -0.39 is 5.69 Å². The number of aromatic amines is 2. The van der Waals surface area contributed by atoms with Crippen LogP contribution in [0.3, 0.4) is 0 Å². The van der Waals surface area contributed by atoms with Gasteiger partial charge in [-0.15, -0.1) is 0 Å². The number of H-pyrrole nitrogens is 2. The minimum absolute atomic E-state index is 0.123. The number of carbonyl (C=O) groups excluding carboxylic acids is 1. The number of aromatic nitrogens is 2. The molecule has 1 heterocycles. The lowest BCUT2D eigenvalue weighted by Gasteiger charge is -2.27. The first-order valence-electron chi connectivity index (χ1n) is 5.91. The molecule has 17 heavy (non-hydrogen) atoms. The van der Waals surface area contributed by atoms with Crippen molar-refractivity contribution in [3.8, 4) is 0 Å². The highest BCUT2D eigenvalue weighted by atomic mass is 16.3. The normalized spacial score (nSPS) is 24.5. The maximum Gasteiger partial charge on any atom is 0.323 e. The SMILES string of the molecule is O=C(NCC1CCCCC1O)c1c[nH]c(=O)[nH]1. The third-order valence-electron chi connectivity index (χ3n) is 3.23. The molecule has 2 rings (SSSR count). The highest BCUT2D eigenvalue weighted by Gasteiger charge is 2.23. The van der Waals surface area contributed by atoms with Crippen LogP contribution in [0.5, 0.6) is 0 Å². The average molecular weight is 239 g/mol. The number of carbonyl (C=O) groups is 1. The fourth-order valence-electron chi connectivity index (χ4n) is 2.20. The van der Waals surface area contributed by atoms with Crippen molar-refractivity contribution >= 4 is 5.91 Å². The second kappa shape index (κ2) is 5.18. The van der Waals surface area contributed by atoms with Crippen molar-refractivity contribution in [2.75, 3.05) is 6.54 Å². The Labute approximate surface area is 98.4 Å². The lowest BCUT2D eigenvalue weighted by molar-refractivity contribution is 0.0662. The second-order valence-electron chi connectivity index (χ2n) is 4.48. The van der Waals surface area contributed by atoms with E-state index in [4.69, 9.17) is 0 Å². The Balaban J connectivity index is 1.85. The van der Waals surface area contributed by atoms with Crippen molar-refractivity contribution < 1.29 is 9.90 Å². The Hall–Kier alpha value is -1.56. The molecular weight excluding hydrogens is 222 g/mol. The zero-order valence-corrected chi connectivity index (χ0v) is 9.53. The molecule has 6 heteroatoms. The van der Waals surface area contributed by atoms with E-state index >= 15 is 0 Å². The monoisotopic (exact) mass is 239 g/mol. The number of hydrogen-bond acceptors (Lipinski definition) is 3. The minimum Gasteiger partial charge on any atom is -0.393 e. The van der Waals surface area contributed by atoms with Crippen LogP contribution in [0.4, 0.5) is 0 Å². The van der Waals surface area contributed by atoms with Gasteiger partial charge in [-0.2, -0.15) is 0 Å². The third-order valence-corrected chi connectivity index (χ3v) is 3.23. The Morgan fingerprint density at radius 3 is 2.88 bits per heavy atom. The summed E-state index contributed by atoms with van der Waals surface area (Å²) in [6, 6.07) is 0. The molecule has 1 aliphatic rings. The van der Waals surface area contributed by atoms with Gasteiger partial charge in [0.1, 0.15) is 5.69 Å². The van der Waals surface area contributed by atoms with Crippen LogP contribution in [0, 0.1) is 5.92 Å². The highest BCUT2D eigenvalue weighted by molar-refractivity contribution is 5.91. The number of hydrogen-bond donors (Lipinski definition) is 4. The molecule has 0 radical (unpaired) electrons. The molecular formula is C11H17N3O3. The molecule has 1 aromatic heterocycles. The summed E-state index contributed by atoms with van der Waals surface area (Å²) in [7, 11) is 0. The first-order chi connectivity index (χ1) is 8.16. The van der Waals surface area contributed by atoms with E-state index in [1.807, 2.05) is 0 Å². The number of aliphatic hydroxyl groups is 1. The number of nitrogens with one attached hydrogen (secondary N) is 3. The van der Waals surface area contributed by atoms with Crippen LogP contribution in [0.25, 0.3) is 0 Å². The van der Waals surface area contributed by atoms with Gasteiger partial charge < -0.3 is 20.4 Å². The van der Waals surface area contributed by atoms with Crippen LogP contribution >= 0.6 is 0 Å². The summed E-state index contributed by atoms with van der Waals surface area (Å²) in [6.45, 7) is 0.452. The minimum atomic E-state index is -0.396. The van der Waals surface area contributed by atoms with Gasteiger partial charge in [-0.05, 0) is 12.8 Å². The fourth-order valence-corrected chi connectivity index (χ4v) is 2.20. The van der Waals surface area contributed by atoms with Crippen LogP contribution in [0.2, 0.25) is 0 Å². The van der Waals surface area contributed by atoms with E-state index in [-0.39, 0.29) is 23.6 Å². The molecule has 0 aliphatic heterocycles. The predicted octanol–water partition coefficient (Wildman–Crippen LogP) is -0.0161. The molecule has 0 aromatic carbocycles. The fraction of sp³-hybridized carbons (Fsp3) is 0.636. The summed E-state index contributed by atoms with van der Waals surface area (Å²) in [5.41, 5.74) is -0.173. The van der Waals surface area contributed by atoms with Crippen LogP contribution in [0.15, 0.2) is 11.0 Å². The molecule has 1 amide bonds. The summed E-state index contributed by atoms with van der Waals surface area (Å²) < 4.78 is 0. The summed E-state index contributed by atoms with van der Waals surface area (Å²) >= 11 is 0. The number of rotatable bonds is 3. The molecule has 6 nitrogen and oxygen atoms in total. The van der Waals surface area contributed by atoms with Crippen molar-refractivity contribution in [2.45, 2.75) is 31.8 Å². The lowest BCUT2D eigenvalue weighted by Crippen LogP contribution is -2.36. The molecule has 0 saturated heterocycles. The first kappa shape index (κ1) is 11.9. The van der Waals surface area contributed by atoms with E-state index in [0.717, 1.165) is 25.7 Å². The summed E-state index contributed by atoms with van der Waals surface area (Å²) in [4.78, 5) is 27.2. The molecule has 1 fully saturated rings. The second-order valence-corrected chi connectivity index (χ2v) is 4.48. The molecule has 1 saturated carbocycles. The van der Waals surface area contributed by atoms with Crippen molar-refractivity contribution in [2.24, 2.45) is 5.92 Å². The molecule has 0 bridgehead atoms. The van der Waals surface area contributed by atoms with Gasteiger partial charge in [-0.3, -0.25) is 4.79 Å². The Kier molecular flexibility index (Phi) is 3.63. The van der Waals surface area contributed by atoms with Crippen LogP contribution in [-0.2, 0) is 0 Å². The van der Waals surface area contributed by atoms with Gasteiger partial charge in [0.15, 0.2) is 0 Å². The van der Waals surface area contributed by atoms with Crippen molar-refractivity contribution in [3.63, 3.8) is 0 Å². The topological polar surface area (TPSA) is 98.0 Å². The van der Waals surface area contributed by atoms with Crippen LogP contribution in [-0.4, -0.2) is 33.6 Å². The van der Waals surface area contributed by atoms with Gasteiger partial charge in [0.25, 0.3) is 5.91 Å². The maximum atomic E-state index is 11.6. The van der Waals surface area contributed by atoms with Crippen molar-refractivity contribution in [1.82, 2.24) is 15.3 Å². The van der Waals surface area contributed by atoms with Gasteiger partial charge in [-0.25, -0.2) is 4.79 Å². The Bertz CT molecular complexity index is 437. The third kappa shape index (κ3) is 2.97. The number of amides is 1. The van der Waals surface area contributed by atoms with Crippen molar-refractivity contribution in [1.29, 1.82) is 0 Å². The van der Waals surface area contributed by atoms with Gasteiger partial charge in [-0.1, -0.05) is 12.8 Å². The zero-order chi connectivity index (χ0) is 12.3. The molecule has 1 aromatic rings. The van der Waals surface area contributed by atoms with E-state index in [0.29, 0.717) is 6.54 Å². The molecule has 2 atom stereocenters. The summed E-state index contributed by atoms with van der Waals surface area (Å²) in [5.74, 6) is -0.195. The van der Waals surface area contributed by atoms with Crippen LogP contribution in [0.1, 0.15) is 36.2 Å². The predicted molar refractivity (Wildman–Crippen MR) is 61.7 cm³/mol. The largest absolute Gasteiger partial charge is 0.393 e. The first-order valence-corrected chi connectivity index (χ1v) is 5.91. The standard InChI is InChI=1S/C11H17N3O3/c15-9-4-2-1-3-7(9)5-12-10(16)8-6-13-11(17)14-8/h6-7,9,15H,1-5H2,(H,12,16)(H2,13,14,17). The average Bonchev–Trinajstić information content (AvgIpc) is 2.74. The van der Waals surface area contributed by atoms with Gasteiger partial charge >= 0.3 is 5.69 Å². The quantitative estimate of drug-likeness (QED) is 0.597. The van der Waals surface area contributed by atoms with E-state index in [1.165, 1.54) is 6.20 Å². The van der Waals surface area contributed by atoms with Gasteiger partial charge in [0.2, 0.25) is 0 Å². The molecule has 0 spiro atoms. The number of aliphatic hydroxyl groups excluding tert-OH is 1. The van der Waals surface area contributed by atoms with Crippen molar-refractivity contribution in [3.05, 3.63) is 22.4 Å².